The molecule has 0 aliphatic heterocycles. The fourth-order valence-corrected chi connectivity index (χ4v) is 3.13. The molecule has 5 heteroatoms. The lowest BCUT2D eigenvalue weighted by atomic mass is 10.2. The lowest BCUT2D eigenvalue weighted by Gasteiger charge is -2.06. The first kappa shape index (κ1) is 12.9. The number of nitriles is 1. The topological polar surface area (TPSA) is 49.6 Å². The molecule has 0 aliphatic rings. The van der Waals surface area contributed by atoms with Crippen molar-refractivity contribution >= 4 is 34.3 Å². The zero-order chi connectivity index (χ0) is 13.9. The molecule has 3 nitrogen and oxygen atoms in total. The van der Waals surface area contributed by atoms with Gasteiger partial charge in [0.1, 0.15) is 17.4 Å². The van der Waals surface area contributed by atoms with E-state index in [0.717, 1.165) is 20.8 Å². The summed E-state index contributed by atoms with van der Waals surface area (Å²) in [6.45, 7) is 0. The van der Waals surface area contributed by atoms with Crippen molar-refractivity contribution < 1.29 is 0 Å². The van der Waals surface area contributed by atoms with Crippen molar-refractivity contribution in [2.24, 2.45) is 0 Å². The number of benzene rings is 2. The maximum absolute atomic E-state index is 9.21. The molecule has 0 unspecified atom stereocenters. The second-order valence-electron chi connectivity index (χ2n) is 4.02. The number of aromatic nitrogens is 2. The van der Waals surface area contributed by atoms with E-state index in [1.807, 2.05) is 36.4 Å². The van der Waals surface area contributed by atoms with Gasteiger partial charge in [-0.25, -0.2) is 9.97 Å². The Morgan fingerprint density at radius 1 is 1.05 bits per heavy atom. The summed E-state index contributed by atoms with van der Waals surface area (Å²) in [7, 11) is 0. The number of hydrogen-bond donors (Lipinski definition) is 0. The average Bonchev–Trinajstić information content (AvgIpc) is 2.48. The zero-order valence-electron chi connectivity index (χ0n) is 10.2. The first-order valence-corrected chi connectivity index (χ1v) is 7.05. The molecule has 0 spiro atoms. The van der Waals surface area contributed by atoms with Crippen LogP contribution in [-0.4, -0.2) is 9.97 Å². The molecule has 0 atom stereocenters. The Bertz CT molecular complexity index is 821. The number of rotatable bonds is 2. The first-order chi connectivity index (χ1) is 9.79. The molecule has 20 heavy (non-hydrogen) atoms. The van der Waals surface area contributed by atoms with Crippen LogP contribution in [0.5, 0.6) is 0 Å². The van der Waals surface area contributed by atoms with Crippen LogP contribution in [0.25, 0.3) is 10.9 Å². The quantitative estimate of drug-likeness (QED) is 0.662. The Balaban J connectivity index is 2.11. The lowest BCUT2D eigenvalue weighted by Crippen LogP contribution is -1.88. The molecule has 0 N–H and O–H groups in total. The van der Waals surface area contributed by atoms with Gasteiger partial charge in [-0.05, 0) is 18.2 Å². The highest BCUT2D eigenvalue weighted by atomic mass is 35.5. The molecule has 3 rings (SSSR count). The Labute approximate surface area is 125 Å². The summed E-state index contributed by atoms with van der Waals surface area (Å²) in [6.07, 6.45) is 1.53. The molecule has 96 valence electrons. The zero-order valence-corrected chi connectivity index (χ0v) is 11.8. The molecule has 3 aromatic rings. The average molecular weight is 298 g/mol. The Kier molecular flexibility index (Phi) is 3.55. The van der Waals surface area contributed by atoms with Crippen molar-refractivity contribution in [3.8, 4) is 6.07 Å². The van der Waals surface area contributed by atoms with Gasteiger partial charge in [-0.3, -0.25) is 0 Å². The molecule has 2 aromatic carbocycles. The van der Waals surface area contributed by atoms with Crippen molar-refractivity contribution in [2.45, 2.75) is 9.92 Å². The van der Waals surface area contributed by atoms with Gasteiger partial charge in [0, 0.05) is 10.3 Å². The Morgan fingerprint density at radius 3 is 2.75 bits per heavy atom. The van der Waals surface area contributed by atoms with Crippen molar-refractivity contribution in [3.63, 3.8) is 0 Å². The molecule has 1 heterocycles. The van der Waals surface area contributed by atoms with E-state index in [0.29, 0.717) is 10.6 Å². The largest absolute Gasteiger partial charge is 0.236 e. The third-order valence-corrected chi connectivity index (χ3v) is 4.19. The van der Waals surface area contributed by atoms with Gasteiger partial charge < -0.3 is 0 Å². The van der Waals surface area contributed by atoms with Gasteiger partial charge in [-0.1, -0.05) is 47.6 Å². The summed E-state index contributed by atoms with van der Waals surface area (Å²) in [6, 6.07) is 15.3. The van der Waals surface area contributed by atoms with Crippen molar-refractivity contribution in [2.75, 3.05) is 0 Å². The highest BCUT2D eigenvalue weighted by Crippen LogP contribution is 2.35. The van der Waals surface area contributed by atoms with E-state index in [9.17, 15) is 5.26 Å². The maximum atomic E-state index is 9.21. The highest BCUT2D eigenvalue weighted by Gasteiger charge is 2.11. The molecule has 1 aromatic heterocycles. The summed E-state index contributed by atoms with van der Waals surface area (Å²) in [5, 5.41) is 11.4. The third kappa shape index (κ3) is 2.34. The van der Waals surface area contributed by atoms with Crippen molar-refractivity contribution in [3.05, 3.63) is 59.4 Å². The third-order valence-electron chi connectivity index (χ3n) is 2.80. The second kappa shape index (κ2) is 5.49. The van der Waals surface area contributed by atoms with E-state index in [2.05, 4.69) is 16.0 Å². The maximum Gasteiger partial charge on any atom is 0.117 e. The monoisotopic (exact) mass is 297 g/mol. The van der Waals surface area contributed by atoms with Gasteiger partial charge in [0.15, 0.2) is 0 Å². The number of nitrogens with zero attached hydrogens (tertiary/aromatic N) is 3. The molecule has 0 saturated heterocycles. The smallest absolute Gasteiger partial charge is 0.117 e. The molecule has 0 fully saturated rings. The van der Waals surface area contributed by atoms with E-state index in [1.54, 1.807) is 6.07 Å². The normalized spacial score (nSPS) is 10.4. The van der Waals surface area contributed by atoms with Crippen LogP contribution < -0.4 is 0 Å². The van der Waals surface area contributed by atoms with E-state index >= 15 is 0 Å². The summed E-state index contributed by atoms with van der Waals surface area (Å²) in [5.74, 6) is 0. The van der Waals surface area contributed by atoms with Crippen LogP contribution in [0.15, 0.2) is 58.7 Å². The molecule has 0 bridgehead atoms. The summed E-state index contributed by atoms with van der Waals surface area (Å²) in [4.78, 5) is 9.33. The number of para-hydroxylation sites is 1. The number of halogens is 1. The van der Waals surface area contributed by atoms with E-state index in [4.69, 9.17) is 11.6 Å². The lowest BCUT2D eigenvalue weighted by molar-refractivity contribution is 1.10. The molecule has 0 saturated carbocycles. The van der Waals surface area contributed by atoms with Gasteiger partial charge in [-0.2, -0.15) is 5.26 Å². The number of fused-ring (bicyclic) bond motifs is 1. The SMILES string of the molecule is N#Cc1c(Cl)cccc1Sc1ncnc2ccccc12. The Hall–Kier alpha value is -2.09. The second-order valence-corrected chi connectivity index (χ2v) is 5.46. The summed E-state index contributed by atoms with van der Waals surface area (Å²) >= 11 is 7.47. The van der Waals surface area contributed by atoms with Crippen LogP contribution in [0, 0.1) is 11.3 Å². The van der Waals surface area contributed by atoms with Crippen LogP contribution in [0.4, 0.5) is 0 Å². The summed E-state index contributed by atoms with van der Waals surface area (Å²) < 4.78 is 0. The highest BCUT2D eigenvalue weighted by molar-refractivity contribution is 7.99. The van der Waals surface area contributed by atoms with Crippen LogP contribution in [0.2, 0.25) is 5.02 Å². The van der Waals surface area contributed by atoms with Crippen LogP contribution in [-0.2, 0) is 0 Å². The van der Waals surface area contributed by atoms with Gasteiger partial charge in [-0.15, -0.1) is 0 Å². The van der Waals surface area contributed by atoms with Crippen LogP contribution >= 0.6 is 23.4 Å². The van der Waals surface area contributed by atoms with Crippen molar-refractivity contribution in [1.29, 1.82) is 5.26 Å². The molecule has 0 radical (unpaired) electrons. The van der Waals surface area contributed by atoms with Crippen LogP contribution in [0.3, 0.4) is 0 Å². The van der Waals surface area contributed by atoms with E-state index in [-0.39, 0.29) is 0 Å². The van der Waals surface area contributed by atoms with E-state index in [1.165, 1.54) is 18.1 Å². The van der Waals surface area contributed by atoms with Crippen LogP contribution in [0.1, 0.15) is 5.56 Å². The number of hydrogen-bond acceptors (Lipinski definition) is 4. The van der Waals surface area contributed by atoms with Gasteiger partial charge in [0.25, 0.3) is 0 Å². The van der Waals surface area contributed by atoms with Crippen molar-refractivity contribution in [1.82, 2.24) is 9.97 Å². The standard InChI is InChI=1S/C15H8ClN3S/c16-12-5-3-7-14(11(12)8-17)20-15-10-4-1-2-6-13(10)18-9-19-15/h1-7,9H. The molecular formula is C15H8ClN3S. The minimum atomic E-state index is 0.455. The van der Waals surface area contributed by atoms with Gasteiger partial charge in [0.05, 0.1) is 16.1 Å². The predicted molar refractivity (Wildman–Crippen MR) is 79.8 cm³/mol. The molecular weight excluding hydrogens is 290 g/mol. The first-order valence-electron chi connectivity index (χ1n) is 5.86. The fraction of sp³-hybridized carbons (Fsp3) is 0. The van der Waals surface area contributed by atoms with E-state index < -0.39 is 0 Å². The van der Waals surface area contributed by atoms with Gasteiger partial charge in [0.2, 0.25) is 0 Å². The molecule has 0 aliphatic carbocycles. The minimum absolute atomic E-state index is 0.455. The predicted octanol–water partition coefficient (Wildman–Crippen LogP) is 4.31. The molecule has 0 amide bonds. The fourth-order valence-electron chi connectivity index (χ4n) is 1.86. The summed E-state index contributed by atoms with van der Waals surface area (Å²) in [5.41, 5.74) is 1.35. The minimum Gasteiger partial charge on any atom is -0.236 e. The Morgan fingerprint density at radius 2 is 1.90 bits per heavy atom. The van der Waals surface area contributed by atoms with Gasteiger partial charge >= 0.3 is 0 Å².